The van der Waals surface area contributed by atoms with Gasteiger partial charge in [0.25, 0.3) is 0 Å². The van der Waals surface area contributed by atoms with Gasteiger partial charge in [-0.25, -0.2) is 9.97 Å². The van der Waals surface area contributed by atoms with Crippen LogP contribution in [0.1, 0.15) is 22.0 Å². The number of aryl methyl sites for hydroxylation is 2. The Hall–Kier alpha value is -3.30. The summed E-state index contributed by atoms with van der Waals surface area (Å²) in [6.07, 6.45) is 3.41. The molecule has 1 aromatic carbocycles. The number of carbonyl (C=O) groups is 1. The van der Waals surface area contributed by atoms with Gasteiger partial charge in [-0.1, -0.05) is 35.9 Å². The average Bonchev–Trinajstić information content (AvgIpc) is 3.49. The molecule has 3 aromatic heterocycles. The van der Waals surface area contributed by atoms with Crippen molar-refractivity contribution in [2.24, 2.45) is 7.05 Å². The second-order valence-corrected chi connectivity index (χ2v) is 9.37. The van der Waals surface area contributed by atoms with Gasteiger partial charge in [-0.05, 0) is 23.9 Å². The SMILES string of the molecule is Cc1ccc(C(NC(=O)CN2CCN(c3ncnc4c3cnn4C)CC2)c2cccs2)cc1. The molecule has 4 aromatic rings. The summed E-state index contributed by atoms with van der Waals surface area (Å²) in [6.45, 7) is 5.67. The second kappa shape index (κ2) is 9.29. The molecule has 1 atom stereocenters. The van der Waals surface area contributed by atoms with E-state index in [2.05, 4.69) is 67.4 Å². The fraction of sp³-hybridized carbons (Fsp3) is 0.333. The lowest BCUT2D eigenvalue weighted by Crippen LogP contribution is -2.50. The van der Waals surface area contributed by atoms with Crippen LogP contribution >= 0.6 is 11.3 Å². The van der Waals surface area contributed by atoms with Crippen LogP contribution in [0.2, 0.25) is 0 Å². The molecule has 1 aliphatic rings. The number of anilines is 1. The Labute approximate surface area is 196 Å². The predicted molar refractivity (Wildman–Crippen MR) is 130 cm³/mol. The Morgan fingerprint density at radius 1 is 1.12 bits per heavy atom. The number of rotatable bonds is 6. The lowest BCUT2D eigenvalue weighted by Gasteiger charge is -2.35. The van der Waals surface area contributed by atoms with Crippen LogP contribution in [0.5, 0.6) is 0 Å². The minimum Gasteiger partial charge on any atom is -0.353 e. The van der Waals surface area contributed by atoms with Crippen LogP contribution in [0.15, 0.2) is 54.3 Å². The number of hydrogen-bond acceptors (Lipinski definition) is 7. The maximum Gasteiger partial charge on any atom is 0.234 e. The first-order valence-corrected chi connectivity index (χ1v) is 12.0. The van der Waals surface area contributed by atoms with Crippen LogP contribution in [-0.4, -0.2) is 63.3 Å². The van der Waals surface area contributed by atoms with E-state index in [9.17, 15) is 4.79 Å². The molecule has 5 rings (SSSR count). The van der Waals surface area contributed by atoms with Crippen molar-refractivity contribution >= 4 is 34.1 Å². The Bertz CT molecular complexity index is 1230. The van der Waals surface area contributed by atoms with Crippen LogP contribution in [0.3, 0.4) is 0 Å². The lowest BCUT2D eigenvalue weighted by atomic mass is 10.0. The van der Waals surface area contributed by atoms with Crippen molar-refractivity contribution in [2.75, 3.05) is 37.6 Å². The van der Waals surface area contributed by atoms with Crippen LogP contribution in [0.4, 0.5) is 5.82 Å². The van der Waals surface area contributed by atoms with E-state index in [1.807, 2.05) is 24.7 Å². The first kappa shape index (κ1) is 21.5. The van der Waals surface area contributed by atoms with E-state index in [1.165, 1.54) is 5.56 Å². The third-order valence-corrected chi connectivity index (χ3v) is 7.03. The molecular formula is C24H27N7OS. The van der Waals surface area contributed by atoms with Gasteiger partial charge < -0.3 is 10.2 Å². The van der Waals surface area contributed by atoms with Gasteiger partial charge in [-0.15, -0.1) is 11.3 Å². The summed E-state index contributed by atoms with van der Waals surface area (Å²) < 4.78 is 1.76. The maximum atomic E-state index is 13.0. The van der Waals surface area contributed by atoms with Gasteiger partial charge in [0.15, 0.2) is 5.65 Å². The van der Waals surface area contributed by atoms with Gasteiger partial charge in [0.05, 0.1) is 24.2 Å². The molecule has 4 heterocycles. The third kappa shape index (κ3) is 4.60. The topological polar surface area (TPSA) is 79.2 Å². The van der Waals surface area contributed by atoms with Gasteiger partial charge >= 0.3 is 0 Å². The maximum absolute atomic E-state index is 13.0. The molecule has 0 aliphatic carbocycles. The Morgan fingerprint density at radius 2 is 1.91 bits per heavy atom. The minimum atomic E-state index is -0.126. The molecule has 9 heteroatoms. The summed E-state index contributed by atoms with van der Waals surface area (Å²) in [5.74, 6) is 0.952. The number of aromatic nitrogens is 4. The summed E-state index contributed by atoms with van der Waals surface area (Å²) in [5.41, 5.74) is 3.14. The average molecular weight is 462 g/mol. The standard InChI is InChI=1S/C24H27N7OS/c1-17-5-7-18(8-6-17)22(20-4-3-13-33-20)28-21(32)15-30-9-11-31(12-10-30)24-19-14-27-29(2)23(19)25-16-26-24/h3-8,13-14,16,22H,9-12,15H2,1-2H3,(H,28,32). The number of carbonyl (C=O) groups excluding carboxylic acids is 1. The number of thiophene rings is 1. The van der Waals surface area contributed by atoms with E-state index in [1.54, 1.807) is 22.3 Å². The van der Waals surface area contributed by atoms with E-state index >= 15 is 0 Å². The highest BCUT2D eigenvalue weighted by Crippen LogP contribution is 2.27. The Balaban J connectivity index is 1.22. The van der Waals surface area contributed by atoms with Gasteiger partial charge in [-0.2, -0.15) is 5.10 Å². The molecule has 1 unspecified atom stereocenters. The zero-order valence-corrected chi connectivity index (χ0v) is 19.6. The Morgan fingerprint density at radius 3 is 2.64 bits per heavy atom. The van der Waals surface area contributed by atoms with Crippen LogP contribution < -0.4 is 10.2 Å². The monoisotopic (exact) mass is 461 g/mol. The first-order chi connectivity index (χ1) is 16.1. The number of benzene rings is 1. The summed E-state index contributed by atoms with van der Waals surface area (Å²) >= 11 is 1.66. The lowest BCUT2D eigenvalue weighted by molar-refractivity contribution is -0.122. The number of piperazine rings is 1. The van der Waals surface area contributed by atoms with Gasteiger partial charge in [0, 0.05) is 38.1 Å². The number of nitrogens with zero attached hydrogens (tertiary/aromatic N) is 6. The van der Waals surface area contributed by atoms with Crippen molar-refractivity contribution < 1.29 is 4.79 Å². The van der Waals surface area contributed by atoms with E-state index in [0.29, 0.717) is 6.54 Å². The third-order valence-electron chi connectivity index (χ3n) is 6.09. The summed E-state index contributed by atoms with van der Waals surface area (Å²) in [5, 5.41) is 10.6. The smallest absolute Gasteiger partial charge is 0.234 e. The summed E-state index contributed by atoms with van der Waals surface area (Å²) in [4.78, 5) is 27.4. The molecule has 8 nitrogen and oxygen atoms in total. The zero-order valence-electron chi connectivity index (χ0n) is 18.8. The molecule has 170 valence electrons. The largest absolute Gasteiger partial charge is 0.353 e. The highest BCUT2D eigenvalue weighted by molar-refractivity contribution is 7.10. The molecule has 1 fully saturated rings. The van der Waals surface area contributed by atoms with E-state index in [-0.39, 0.29) is 11.9 Å². The fourth-order valence-electron chi connectivity index (χ4n) is 4.26. The summed E-state index contributed by atoms with van der Waals surface area (Å²) in [6, 6.07) is 12.4. The molecule has 1 aliphatic heterocycles. The molecule has 1 saturated heterocycles. The van der Waals surface area contributed by atoms with E-state index < -0.39 is 0 Å². The normalized spacial score (nSPS) is 15.6. The second-order valence-electron chi connectivity index (χ2n) is 8.39. The van der Waals surface area contributed by atoms with Crippen molar-refractivity contribution in [1.82, 2.24) is 30.0 Å². The number of hydrogen-bond donors (Lipinski definition) is 1. The molecule has 0 saturated carbocycles. The number of fused-ring (bicyclic) bond motifs is 1. The molecule has 1 amide bonds. The molecule has 0 bridgehead atoms. The van der Waals surface area contributed by atoms with Crippen molar-refractivity contribution in [1.29, 1.82) is 0 Å². The highest BCUT2D eigenvalue weighted by atomic mass is 32.1. The quantitative estimate of drug-likeness (QED) is 0.476. The molecule has 0 spiro atoms. The number of amides is 1. The molecule has 0 radical (unpaired) electrons. The van der Waals surface area contributed by atoms with E-state index in [0.717, 1.165) is 53.5 Å². The van der Waals surface area contributed by atoms with Gasteiger partial charge in [0.1, 0.15) is 12.1 Å². The first-order valence-electron chi connectivity index (χ1n) is 11.1. The van der Waals surface area contributed by atoms with Crippen LogP contribution in [0.25, 0.3) is 11.0 Å². The van der Waals surface area contributed by atoms with Crippen LogP contribution in [-0.2, 0) is 11.8 Å². The van der Waals surface area contributed by atoms with E-state index in [4.69, 9.17) is 0 Å². The molecular weight excluding hydrogens is 434 g/mol. The Kier molecular flexibility index (Phi) is 6.06. The highest BCUT2D eigenvalue weighted by Gasteiger charge is 2.24. The van der Waals surface area contributed by atoms with Gasteiger partial charge in [-0.3, -0.25) is 14.4 Å². The molecule has 1 N–H and O–H groups in total. The number of nitrogens with one attached hydrogen (secondary N) is 1. The van der Waals surface area contributed by atoms with Gasteiger partial charge in [0.2, 0.25) is 5.91 Å². The van der Waals surface area contributed by atoms with Crippen molar-refractivity contribution in [2.45, 2.75) is 13.0 Å². The van der Waals surface area contributed by atoms with Crippen molar-refractivity contribution in [3.05, 3.63) is 70.3 Å². The summed E-state index contributed by atoms with van der Waals surface area (Å²) in [7, 11) is 1.88. The fourth-order valence-corrected chi connectivity index (χ4v) is 5.06. The predicted octanol–water partition coefficient (Wildman–Crippen LogP) is 2.76. The van der Waals surface area contributed by atoms with Crippen molar-refractivity contribution in [3.8, 4) is 0 Å². The molecule has 33 heavy (non-hydrogen) atoms. The van der Waals surface area contributed by atoms with Crippen LogP contribution in [0, 0.1) is 6.92 Å². The zero-order chi connectivity index (χ0) is 22.8. The minimum absolute atomic E-state index is 0.0408. The van der Waals surface area contributed by atoms with Crippen molar-refractivity contribution in [3.63, 3.8) is 0 Å².